The van der Waals surface area contributed by atoms with E-state index < -0.39 is 0 Å². The second-order valence-electron chi connectivity index (χ2n) is 4.83. The van der Waals surface area contributed by atoms with Crippen molar-refractivity contribution in [3.63, 3.8) is 0 Å². The first kappa shape index (κ1) is 12.3. The third-order valence-electron chi connectivity index (χ3n) is 3.62. The number of likely N-dealkylation sites (N-methyl/N-ethyl adjacent to an activating group) is 1. The number of nitrogens with one attached hydrogen (secondary N) is 1. The Labute approximate surface area is 98.0 Å². The van der Waals surface area contributed by atoms with Gasteiger partial charge in [0.2, 0.25) is 0 Å². The minimum atomic E-state index is 0.282. The highest BCUT2D eigenvalue weighted by Crippen LogP contribution is 2.07. The van der Waals surface area contributed by atoms with Gasteiger partial charge in [0.1, 0.15) is 0 Å². The quantitative estimate of drug-likeness (QED) is 0.613. The average Bonchev–Trinajstić information content (AvgIpc) is 2.30. The number of hydrogen-bond donors (Lipinski definition) is 2. The molecule has 0 spiro atoms. The summed E-state index contributed by atoms with van der Waals surface area (Å²) in [5.74, 6) is 0. The molecule has 0 bridgehead atoms. The number of nitrogens with zero attached hydrogens (tertiary/aromatic N) is 3. The molecule has 2 N–H and O–H groups in total. The molecule has 5 nitrogen and oxygen atoms in total. The van der Waals surface area contributed by atoms with E-state index in [1.807, 2.05) is 0 Å². The van der Waals surface area contributed by atoms with E-state index >= 15 is 0 Å². The third kappa shape index (κ3) is 3.15. The molecule has 0 amide bonds. The maximum atomic E-state index is 8.89. The van der Waals surface area contributed by atoms with Crippen LogP contribution in [0, 0.1) is 0 Å². The van der Waals surface area contributed by atoms with Crippen molar-refractivity contribution < 1.29 is 5.11 Å². The summed E-state index contributed by atoms with van der Waals surface area (Å²) in [6.45, 7) is 8.89. The first-order valence-corrected chi connectivity index (χ1v) is 6.29. The number of hydrogen-bond acceptors (Lipinski definition) is 5. The van der Waals surface area contributed by atoms with E-state index in [0.29, 0.717) is 6.17 Å². The Morgan fingerprint density at radius 3 is 2.56 bits per heavy atom. The number of piperazine rings is 2. The molecule has 2 saturated heterocycles. The number of β-amino-alcohol motifs (C(OH)–C–C–N with tert-alkyl or cyclic N) is 1. The summed E-state index contributed by atoms with van der Waals surface area (Å²) in [7, 11) is 2.19. The van der Waals surface area contributed by atoms with Crippen molar-refractivity contribution in [2.24, 2.45) is 0 Å². The average molecular weight is 228 g/mol. The Morgan fingerprint density at radius 2 is 1.94 bits per heavy atom. The molecule has 0 aromatic carbocycles. The van der Waals surface area contributed by atoms with Gasteiger partial charge in [0.25, 0.3) is 0 Å². The lowest BCUT2D eigenvalue weighted by Gasteiger charge is -2.42. The molecule has 1 atom stereocenters. The fourth-order valence-electron chi connectivity index (χ4n) is 2.56. The smallest absolute Gasteiger partial charge is 0.0729 e. The molecule has 2 aliphatic rings. The lowest BCUT2D eigenvalue weighted by atomic mass is 10.2. The second kappa shape index (κ2) is 5.93. The summed E-state index contributed by atoms with van der Waals surface area (Å²) in [6, 6.07) is 0. The van der Waals surface area contributed by atoms with Crippen molar-refractivity contribution in [3.05, 3.63) is 0 Å². The van der Waals surface area contributed by atoms with Gasteiger partial charge in [-0.25, -0.2) is 0 Å². The van der Waals surface area contributed by atoms with E-state index in [1.165, 1.54) is 0 Å². The fourth-order valence-corrected chi connectivity index (χ4v) is 2.56. The molecule has 0 radical (unpaired) electrons. The van der Waals surface area contributed by atoms with Gasteiger partial charge in [-0.1, -0.05) is 0 Å². The van der Waals surface area contributed by atoms with Crippen LogP contribution in [0.4, 0.5) is 0 Å². The highest BCUT2D eigenvalue weighted by atomic mass is 16.3. The predicted molar refractivity (Wildman–Crippen MR) is 64.4 cm³/mol. The van der Waals surface area contributed by atoms with Crippen LogP contribution in [0.5, 0.6) is 0 Å². The molecule has 1 unspecified atom stereocenters. The SMILES string of the molecule is CN1CCNC(N2CCN(CCO)CC2)C1. The zero-order valence-corrected chi connectivity index (χ0v) is 10.2. The summed E-state index contributed by atoms with van der Waals surface area (Å²) in [4.78, 5) is 7.26. The van der Waals surface area contributed by atoms with Crippen LogP contribution < -0.4 is 5.32 Å². The van der Waals surface area contributed by atoms with E-state index in [9.17, 15) is 0 Å². The Balaban J connectivity index is 1.75. The molecule has 0 aromatic heterocycles. The highest BCUT2D eigenvalue weighted by molar-refractivity contribution is 4.81. The van der Waals surface area contributed by atoms with Crippen LogP contribution in [-0.2, 0) is 0 Å². The highest BCUT2D eigenvalue weighted by Gasteiger charge is 2.26. The van der Waals surface area contributed by atoms with Gasteiger partial charge in [0.15, 0.2) is 0 Å². The Hall–Kier alpha value is -0.200. The predicted octanol–water partition coefficient (Wildman–Crippen LogP) is -1.54. The normalized spacial score (nSPS) is 30.8. The molecule has 2 heterocycles. The van der Waals surface area contributed by atoms with E-state index in [-0.39, 0.29) is 6.61 Å². The van der Waals surface area contributed by atoms with Crippen LogP contribution in [-0.4, -0.2) is 92.0 Å². The van der Waals surface area contributed by atoms with E-state index in [1.54, 1.807) is 0 Å². The number of aliphatic hydroxyl groups is 1. The van der Waals surface area contributed by atoms with Crippen molar-refractivity contribution in [1.82, 2.24) is 20.0 Å². The van der Waals surface area contributed by atoms with Gasteiger partial charge < -0.3 is 10.0 Å². The maximum absolute atomic E-state index is 8.89. The molecule has 0 aromatic rings. The molecule has 94 valence electrons. The minimum absolute atomic E-state index is 0.282. The Bertz CT molecular complexity index is 206. The zero-order chi connectivity index (χ0) is 11.4. The molecule has 5 heteroatoms. The standard InChI is InChI=1S/C11H24N4O/c1-13-3-2-12-11(10-13)15-6-4-14(5-7-15)8-9-16/h11-12,16H,2-10H2,1H3. The maximum Gasteiger partial charge on any atom is 0.0729 e. The van der Waals surface area contributed by atoms with Crippen LogP contribution >= 0.6 is 0 Å². The Kier molecular flexibility index (Phi) is 4.55. The van der Waals surface area contributed by atoms with Crippen LogP contribution in [0.3, 0.4) is 0 Å². The largest absolute Gasteiger partial charge is 0.395 e. The summed E-state index contributed by atoms with van der Waals surface area (Å²) >= 11 is 0. The topological polar surface area (TPSA) is 42.0 Å². The Morgan fingerprint density at radius 1 is 1.19 bits per heavy atom. The lowest BCUT2D eigenvalue weighted by molar-refractivity contribution is 0.0435. The van der Waals surface area contributed by atoms with Gasteiger partial charge >= 0.3 is 0 Å². The van der Waals surface area contributed by atoms with Gasteiger partial charge in [-0.3, -0.25) is 15.1 Å². The van der Waals surface area contributed by atoms with Gasteiger partial charge in [-0.15, -0.1) is 0 Å². The molecule has 2 rings (SSSR count). The van der Waals surface area contributed by atoms with Crippen molar-refractivity contribution in [1.29, 1.82) is 0 Å². The van der Waals surface area contributed by atoms with Gasteiger partial charge in [0.05, 0.1) is 12.8 Å². The molecular formula is C11H24N4O. The second-order valence-corrected chi connectivity index (χ2v) is 4.83. The van der Waals surface area contributed by atoms with Crippen LogP contribution in [0.15, 0.2) is 0 Å². The van der Waals surface area contributed by atoms with Crippen LogP contribution in [0.25, 0.3) is 0 Å². The minimum Gasteiger partial charge on any atom is -0.395 e. The van der Waals surface area contributed by atoms with Crippen molar-refractivity contribution in [2.45, 2.75) is 6.17 Å². The van der Waals surface area contributed by atoms with Gasteiger partial charge in [0, 0.05) is 52.4 Å². The fraction of sp³-hybridized carbons (Fsp3) is 1.00. The zero-order valence-electron chi connectivity index (χ0n) is 10.2. The molecule has 16 heavy (non-hydrogen) atoms. The monoisotopic (exact) mass is 228 g/mol. The van der Waals surface area contributed by atoms with E-state index in [2.05, 4.69) is 27.1 Å². The summed E-state index contributed by atoms with van der Waals surface area (Å²) in [5.41, 5.74) is 0. The molecule has 0 saturated carbocycles. The third-order valence-corrected chi connectivity index (χ3v) is 3.62. The first-order valence-electron chi connectivity index (χ1n) is 6.29. The van der Waals surface area contributed by atoms with Crippen molar-refractivity contribution in [3.8, 4) is 0 Å². The number of rotatable bonds is 3. The summed E-state index contributed by atoms with van der Waals surface area (Å²) in [5, 5.41) is 12.5. The van der Waals surface area contributed by atoms with Crippen molar-refractivity contribution >= 4 is 0 Å². The van der Waals surface area contributed by atoms with Crippen LogP contribution in [0.2, 0.25) is 0 Å². The summed E-state index contributed by atoms with van der Waals surface area (Å²) in [6.07, 6.45) is 0.523. The van der Waals surface area contributed by atoms with Gasteiger partial charge in [-0.05, 0) is 7.05 Å². The first-order chi connectivity index (χ1) is 7.79. The molecular weight excluding hydrogens is 204 g/mol. The number of aliphatic hydroxyl groups excluding tert-OH is 1. The van der Waals surface area contributed by atoms with E-state index in [4.69, 9.17) is 5.11 Å². The summed E-state index contributed by atoms with van der Waals surface area (Å²) < 4.78 is 0. The molecule has 0 aliphatic carbocycles. The lowest BCUT2D eigenvalue weighted by Crippen LogP contribution is -2.61. The van der Waals surface area contributed by atoms with E-state index in [0.717, 1.165) is 52.4 Å². The van der Waals surface area contributed by atoms with Crippen LogP contribution in [0.1, 0.15) is 0 Å². The molecule has 2 fully saturated rings. The van der Waals surface area contributed by atoms with Gasteiger partial charge in [-0.2, -0.15) is 0 Å². The molecule has 2 aliphatic heterocycles. The van der Waals surface area contributed by atoms with Crippen molar-refractivity contribution in [2.75, 3.05) is 66.0 Å².